The third-order valence-corrected chi connectivity index (χ3v) is 8.07. The minimum Gasteiger partial charge on any atom is -0.399 e. The van der Waals surface area contributed by atoms with Gasteiger partial charge in [-0.2, -0.15) is 9.29 Å². The fourth-order valence-corrected chi connectivity index (χ4v) is 6.25. The molecular weight excluding hydrogens is 388 g/mol. The van der Waals surface area contributed by atoms with E-state index in [2.05, 4.69) is 10.1 Å². The first-order valence-corrected chi connectivity index (χ1v) is 11.2. The summed E-state index contributed by atoms with van der Waals surface area (Å²) in [6.45, 7) is 0.830. The number of anilines is 1. The van der Waals surface area contributed by atoms with Gasteiger partial charge in [-0.3, -0.25) is 0 Å². The van der Waals surface area contributed by atoms with E-state index in [1.165, 1.54) is 0 Å². The van der Waals surface area contributed by atoms with Crippen LogP contribution >= 0.6 is 0 Å². The monoisotopic (exact) mass is 410 g/mol. The van der Waals surface area contributed by atoms with Gasteiger partial charge in [0.25, 0.3) is 0 Å². The van der Waals surface area contributed by atoms with Gasteiger partial charge in [-0.05, 0) is 43.0 Å². The fourth-order valence-electron chi connectivity index (χ4n) is 4.69. The Morgan fingerprint density at radius 2 is 1.86 bits per heavy atom. The second-order valence-electron chi connectivity index (χ2n) is 7.90. The summed E-state index contributed by atoms with van der Waals surface area (Å²) < 4.78 is 33.6. The van der Waals surface area contributed by atoms with Crippen molar-refractivity contribution in [2.45, 2.75) is 29.6 Å². The van der Waals surface area contributed by atoms with Gasteiger partial charge in [0, 0.05) is 24.3 Å². The Morgan fingerprint density at radius 3 is 2.62 bits per heavy atom. The molecule has 2 heterocycles. The maximum Gasteiger partial charge on any atom is 0.243 e. The molecule has 1 aliphatic carbocycles. The van der Waals surface area contributed by atoms with Crippen LogP contribution in [0.2, 0.25) is 0 Å². The van der Waals surface area contributed by atoms with Gasteiger partial charge >= 0.3 is 0 Å². The van der Waals surface area contributed by atoms with Crippen LogP contribution in [0.4, 0.5) is 5.69 Å². The number of sulfonamides is 1. The van der Waals surface area contributed by atoms with Gasteiger partial charge in [0.2, 0.25) is 21.7 Å². The van der Waals surface area contributed by atoms with E-state index in [1.807, 2.05) is 30.3 Å². The Labute approximate surface area is 169 Å². The van der Waals surface area contributed by atoms with Gasteiger partial charge in [0.05, 0.1) is 10.3 Å². The standard InChI is InChI=1S/C21H22N4O3S/c22-17-8-10-18(11-9-17)29(26,27)25-13-16-7-4-12-21(16,14-25)20-23-19(24-28-20)15-5-2-1-3-6-15/h1-3,5-6,8-11,16H,4,7,12-14,22H2/t16-,21-/m1/s1. The summed E-state index contributed by atoms with van der Waals surface area (Å²) in [6, 6.07) is 16.0. The molecule has 1 saturated heterocycles. The number of aromatic nitrogens is 2. The van der Waals surface area contributed by atoms with Crippen LogP contribution in [0.3, 0.4) is 0 Å². The van der Waals surface area contributed by atoms with E-state index in [0.29, 0.717) is 30.5 Å². The van der Waals surface area contributed by atoms with Crippen molar-refractivity contribution in [1.82, 2.24) is 14.4 Å². The van der Waals surface area contributed by atoms with Crippen molar-refractivity contribution in [3.63, 3.8) is 0 Å². The first-order valence-electron chi connectivity index (χ1n) is 9.74. The Balaban J connectivity index is 1.48. The van der Waals surface area contributed by atoms with Crippen molar-refractivity contribution in [1.29, 1.82) is 0 Å². The van der Waals surface area contributed by atoms with Crippen molar-refractivity contribution >= 4 is 15.7 Å². The summed E-state index contributed by atoms with van der Waals surface area (Å²) in [6.07, 6.45) is 2.84. The molecule has 1 saturated carbocycles. The molecule has 0 unspecified atom stereocenters. The van der Waals surface area contributed by atoms with E-state index >= 15 is 0 Å². The molecule has 1 aromatic heterocycles. The van der Waals surface area contributed by atoms with E-state index in [4.69, 9.17) is 10.3 Å². The first-order chi connectivity index (χ1) is 14.0. The van der Waals surface area contributed by atoms with Crippen molar-refractivity contribution in [3.8, 4) is 11.4 Å². The lowest BCUT2D eigenvalue weighted by atomic mass is 9.80. The smallest absolute Gasteiger partial charge is 0.243 e. The highest BCUT2D eigenvalue weighted by Gasteiger charge is 2.56. The first kappa shape index (κ1) is 18.3. The highest BCUT2D eigenvalue weighted by molar-refractivity contribution is 7.89. The molecule has 2 atom stereocenters. The van der Waals surface area contributed by atoms with Gasteiger partial charge in [-0.15, -0.1) is 0 Å². The molecule has 0 radical (unpaired) electrons. The number of hydrogen-bond acceptors (Lipinski definition) is 6. The molecule has 29 heavy (non-hydrogen) atoms. The molecular formula is C21H22N4O3S. The van der Waals surface area contributed by atoms with Crippen LogP contribution in [0.25, 0.3) is 11.4 Å². The number of nitrogens with zero attached hydrogens (tertiary/aromatic N) is 3. The molecule has 7 nitrogen and oxygen atoms in total. The highest BCUT2D eigenvalue weighted by Crippen LogP contribution is 2.51. The summed E-state index contributed by atoms with van der Waals surface area (Å²) in [5, 5.41) is 4.17. The summed E-state index contributed by atoms with van der Waals surface area (Å²) in [4.78, 5) is 4.94. The van der Waals surface area contributed by atoms with Crippen molar-refractivity contribution in [2.75, 3.05) is 18.8 Å². The molecule has 0 amide bonds. The zero-order chi connectivity index (χ0) is 20.1. The molecule has 5 rings (SSSR count). The van der Waals surface area contributed by atoms with Crippen LogP contribution in [-0.4, -0.2) is 36.0 Å². The SMILES string of the molecule is Nc1ccc(S(=O)(=O)N2C[C@H]3CCC[C@@]3(c3nc(-c4ccccc4)no3)C2)cc1. The van der Waals surface area contributed by atoms with E-state index in [9.17, 15) is 8.42 Å². The maximum atomic E-state index is 13.2. The minimum atomic E-state index is -3.60. The quantitative estimate of drug-likeness (QED) is 0.663. The molecule has 2 aliphatic rings. The molecule has 2 fully saturated rings. The van der Waals surface area contributed by atoms with Gasteiger partial charge < -0.3 is 10.3 Å². The van der Waals surface area contributed by atoms with Crippen LogP contribution in [0.1, 0.15) is 25.2 Å². The largest absolute Gasteiger partial charge is 0.399 e. The van der Waals surface area contributed by atoms with E-state index in [0.717, 1.165) is 24.8 Å². The lowest BCUT2D eigenvalue weighted by molar-refractivity contribution is 0.261. The molecule has 1 aliphatic heterocycles. The molecule has 2 aromatic carbocycles. The Hall–Kier alpha value is -2.71. The van der Waals surface area contributed by atoms with Gasteiger partial charge in [0.1, 0.15) is 0 Å². The van der Waals surface area contributed by atoms with Crippen molar-refractivity contribution in [3.05, 3.63) is 60.5 Å². The van der Waals surface area contributed by atoms with E-state index < -0.39 is 15.4 Å². The molecule has 3 aromatic rings. The third-order valence-electron chi connectivity index (χ3n) is 6.24. The number of nitrogens with two attached hydrogens (primary N) is 1. The summed E-state index contributed by atoms with van der Waals surface area (Å²) >= 11 is 0. The predicted molar refractivity (Wildman–Crippen MR) is 108 cm³/mol. The predicted octanol–water partition coefficient (Wildman–Crippen LogP) is 3.06. The fraction of sp³-hybridized carbons (Fsp3) is 0.333. The lowest BCUT2D eigenvalue weighted by Gasteiger charge is -2.24. The highest BCUT2D eigenvalue weighted by atomic mass is 32.2. The van der Waals surface area contributed by atoms with Gasteiger partial charge in [-0.25, -0.2) is 8.42 Å². The topological polar surface area (TPSA) is 102 Å². The second kappa shape index (κ2) is 6.67. The lowest BCUT2D eigenvalue weighted by Crippen LogP contribution is -2.34. The molecule has 0 bridgehead atoms. The zero-order valence-corrected chi connectivity index (χ0v) is 16.7. The average molecular weight is 410 g/mol. The van der Waals surface area contributed by atoms with Crippen LogP contribution in [-0.2, 0) is 15.4 Å². The third kappa shape index (κ3) is 2.94. The Kier molecular flexibility index (Phi) is 4.22. The molecule has 150 valence electrons. The van der Waals surface area contributed by atoms with Crippen LogP contribution < -0.4 is 5.73 Å². The van der Waals surface area contributed by atoms with Gasteiger partial charge in [0.15, 0.2) is 0 Å². The van der Waals surface area contributed by atoms with Crippen LogP contribution in [0.5, 0.6) is 0 Å². The zero-order valence-electron chi connectivity index (χ0n) is 15.9. The Bertz CT molecular complexity index is 1130. The van der Waals surface area contributed by atoms with Crippen molar-refractivity contribution in [2.24, 2.45) is 5.92 Å². The number of rotatable bonds is 4. The maximum absolute atomic E-state index is 13.2. The normalized spacial score (nSPS) is 24.6. The molecule has 2 N–H and O–H groups in total. The second-order valence-corrected chi connectivity index (χ2v) is 9.84. The number of benzene rings is 2. The number of hydrogen-bond donors (Lipinski definition) is 1. The van der Waals surface area contributed by atoms with E-state index in [-0.39, 0.29) is 10.8 Å². The Morgan fingerprint density at radius 1 is 1.10 bits per heavy atom. The summed E-state index contributed by atoms with van der Waals surface area (Å²) in [7, 11) is -3.60. The van der Waals surface area contributed by atoms with Crippen LogP contribution in [0.15, 0.2) is 64.0 Å². The minimum absolute atomic E-state index is 0.176. The average Bonchev–Trinajstić information content (AvgIpc) is 3.43. The summed E-state index contributed by atoms with van der Waals surface area (Å²) in [5.41, 5.74) is 6.72. The molecule has 0 spiro atoms. The molecule has 8 heteroatoms. The number of fused-ring (bicyclic) bond motifs is 1. The van der Waals surface area contributed by atoms with E-state index in [1.54, 1.807) is 28.6 Å². The van der Waals surface area contributed by atoms with Crippen LogP contribution in [0, 0.1) is 5.92 Å². The van der Waals surface area contributed by atoms with Gasteiger partial charge in [-0.1, -0.05) is 41.9 Å². The number of nitrogen functional groups attached to an aromatic ring is 1. The van der Waals surface area contributed by atoms with Crippen molar-refractivity contribution < 1.29 is 12.9 Å². The summed E-state index contributed by atoms with van der Waals surface area (Å²) in [5.74, 6) is 1.27.